The second-order valence-electron chi connectivity index (χ2n) is 10.3. The van der Waals surface area contributed by atoms with Crippen molar-refractivity contribution in [2.75, 3.05) is 66.1 Å². The molecule has 0 spiro atoms. The van der Waals surface area contributed by atoms with E-state index in [1.807, 2.05) is 12.1 Å². The van der Waals surface area contributed by atoms with Crippen LogP contribution in [0.5, 0.6) is 11.5 Å². The van der Waals surface area contributed by atoms with E-state index in [2.05, 4.69) is 60.7 Å². The Morgan fingerprint density at radius 3 is 1.00 bits per heavy atom. The molecule has 5 rings (SSSR count). The number of rotatable bonds is 0. The van der Waals surface area contributed by atoms with Gasteiger partial charge in [0, 0.05) is 38.4 Å². The largest absolute Gasteiger partial charge is 0.522 e. The monoisotopic (exact) mass is 996 g/mol. The number of ether oxygens (including phenoxy) is 6. The first-order valence-corrected chi connectivity index (χ1v) is 18.0. The maximum absolute atomic E-state index is 10.7. The van der Waals surface area contributed by atoms with Crippen molar-refractivity contribution in [3.05, 3.63) is 72.8 Å². The zero-order valence-electron chi connectivity index (χ0n) is 27.6. The maximum atomic E-state index is 10.7. The smallest absolute Gasteiger partial charge is 0.491 e. The van der Waals surface area contributed by atoms with Gasteiger partial charge in [0.1, 0.15) is 24.7 Å². The van der Waals surface area contributed by atoms with Crippen LogP contribution in [0.4, 0.5) is 26.3 Å². The predicted octanol–water partition coefficient (Wildman–Crippen LogP) is 5.90. The van der Waals surface area contributed by atoms with Crippen molar-refractivity contribution in [3.8, 4) is 22.6 Å². The van der Waals surface area contributed by atoms with E-state index in [1.165, 1.54) is 0 Å². The molecule has 53 heavy (non-hydrogen) atoms. The van der Waals surface area contributed by atoms with E-state index >= 15 is 0 Å². The van der Waals surface area contributed by atoms with Crippen LogP contribution in [0.3, 0.4) is 0 Å². The zero-order valence-corrected chi connectivity index (χ0v) is 33.1. The summed E-state index contributed by atoms with van der Waals surface area (Å²) in [6, 6.07) is 25.0. The summed E-state index contributed by atoms with van der Waals surface area (Å²) >= 11 is 0. The molecule has 2 N–H and O–H groups in total. The Balaban J connectivity index is 0.000000480. The van der Waals surface area contributed by atoms with Gasteiger partial charge in [0.05, 0.1) is 52.9 Å². The first-order valence-electron chi connectivity index (χ1n) is 15.1. The van der Waals surface area contributed by atoms with Crippen molar-refractivity contribution in [2.24, 2.45) is 0 Å². The minimum absolute atomic E-state index is 0. The van der Waals surface area contributed by atoms with E-state index in [4.69, 9.17) is 54.4 Å². The van der Waals surface area contributed by atoms with Crippen molar-refractivity contribution < 1.29 is 80.7 Å². The molecular weight excluding hydrogens is 962 g/mol. The third kappa shape index (κ3) is 14.7. The van der Waals surface area contributed by atoms with Gasteiger partial charge < -0.3 is 28.4 Å². The van der Waals surface area contributed by atoms with Gasteiger partial charge in [0.25, 0.3) is 0 Å². The number of fused-ring (bicyclic) bond motifs is 7. The summed E-state index contributed by atoms with van der Waals surface area (Å²) in [6.45, 7) is 4.96. The first kappa shape index (κ1) is 46.3. The Labute approximate surface area is 320 Å². The van der Waals surface area contributed by atoms with Gasteiger partial charge in [-0.1, -0.05) is 60.7 Å². The van der Waals surface area contributed by atoms with Crippen LogP contribution in [-0.4, -0.2) is 130 Å². The Morgan fingerprint density at radius 2 is 0.717 bits per heavy atom. The summed E-state index contributed by atoms with van der Waals surface area (Å²) in [6.07, 6.45) is 0. The molecule has 0 unspecified atom stereocenters. The molecule has 0 saturated carbocycles. The number of alkyl halides is 6. The van der Waals surface area contributed by atoms with Crippen molar-refractivity contribution >= 4 is 69.1 Å². The van der Waals surface area contributed by atoms with E-state index < -0.39 is 31.3 Å². The molecule has 1 aliphatic heterocycles. The molecule has 1 heterocycles. The van der Waals surface area contributed by atoms with Crippen molar-refractivity contribution in [3.63, 3.8) is 0 Å². The minimum atomic E-state index is -5.84. The fourth-order valence-electron chi connectivity index (χ4n) is 4.44. The molecule has 4 aromatic carbocycles. The number of benzene rings is 4. The van der Waals surface area contributed by atoms with E-state index in [0.29, 0.717) is 66.1 Å². The van der Waals surface area contributed by atoms with Gasteiger partial charge in [-0.05, 0) is 33.7 Å². The summed E-state index contributed by atoms with van der Waals surface area (Å²) < 4.78 is 150. The summed E-state index contributed by atoms with van der Waals surface area (Å²) in [5.41, 5.74) is -9.03. The third-order valence-corrected chi connectivity index (χ3v) is 7.87. The molecule has 0 saturated heterocycles. The van der Waals surface area contributed by atoms with Crippen LogP contribution in [-0.2, 0) is 39.2 Å². The Morgan fingerprint density at radius 1 is 0.453 bits per heavy atom. The van der Waals surface area contributed by atoms with Gasteiger partial charge in [-0.3, -0.25) is 9.11 Å². The van der Waals surface area contributed by atoms with Crippen LogP contribution in [0.1, 0.15) is 0 Å². The van der Waals surface area contributed by atoms with Crippen LogP contribution in [0.15, 0.2) is 72.8 Å². The summed E-state index contributed by atoms with van der Waals surface area (Å²) in [5.74, 6) is 1.61. The van der Waals surface area contributed by atoms with Gasteiger partial charge in [0.15, 0.2) is 0 Å². The van der Waals surface area contributed by atoms with Crippen LogP contribution in [0.2, 0.25) is 0 Å². The van der Waals surface area contributed by atoms with Crippen molar-refractivity contribution in [1.82, 2.24) is 0 Å². The molecule has 0 aromatic heterocycles. The van der Waals surface area contributed by atoms with Crippen LogP contribution >= 0.6 is 0 Å². The number of hydrogen-bond donors (Lipinski definition) is 2. The average Bonchev–Trinajstić information content (AvgIpc) is 3.06. The number of halogens is 6. The van der Waals surface area contributed by atoms with Crippen molar-refractivity contribution in [2.45, 2.75) is 11.0 Å². The maximum Gasteiger partial charge on any atom is 0.522 e. The second-order valence-corrected chi connectivity index (χ2v) is 13.1. The topological polar surface area (TPSA) is 164 Å². The minimum Gasteiger partial charge on any atom is -0.491 e. The predicted molar refractivity (Wildman–Crippen MR) is 182 cm³/mol. The van der Waals surface area contributed by atoms with Crippen LogP contribution in [0, 0.1) is 0 Å². The molecule has 0 fully saturated rings. The summed E-state index contributed by atoms with van der Waals surface area (Å²) in [7, 11) is -11.7. The average molecular weight is 996 g/mol. The Kier molecular flexibility index (Phi) is 18.6. The quantitative estimate of drug-likeness (QED) is 0.0930. The molecule has 4 radical (unpaired) electrons. The molecule has 1 aliphatic rings. The fourth-order valence-corrected chi connectivity index (χ4v) is 4.44. The van der Waals surface area contributed by atoms with Gasteiger partial charge in [-0.25, -0.2) is 0 Å². The molecule has 0 amide bonds. The van der Waals surface area contributed by atoms with Gasteiger partial charge in [-0.15, -0.1) is 0 Å². The zero-order chi connectivity index (χ0) is 38.4. The molecule has 292 valence electrons. The Bertz CT molecular complexity index is 1820. The van der Waals surface area contributed by atoms with Gasteiger partial charge in [-0.2, -0.15) is 43.2 Å². The first-order chi connectivity index (χ1) is 24.4. The van der Waals surface area contributed by atoms with E-state index in [1.54, 1.807) is 0 Å². The third-order valence-electron chi connectivity index (χ3n) is 6.70. The van der Waals surface area contributed by atoms with Crippen LogP contribution in [0.25, 0.3) is 32.7 Å². The van der Waals surface area contributed by atoms with E-state index in [0.717, 1.165) is 44.2 Å². The number of hydrogen-bond acceptors (Lipinski definition) is 10. The molecule has 12 nitrogen and oxygen atoms in total. The second kappa shape index (κ2) is 21.3. The standard InChI is InChI=1S/C30H32O6.2CHF3O3S.Pb/c1-3-7-25-23(5-1)9-11-27-29(25)30-26-8-4-2-6-24(26)10-12-28(30)36-22-20-34-18-16-32-14-13-31-15-17-33-19-21-35-27;2*2-1(3,4)8(5,6)7;/h1-12H,13-22H2;2*(H,5,6,7);. The van der Waals surface area contributed by atoms with Gasteiger partial charge >= 0.3 is 31.3 Å². The normalized spacial score (nSPS) is 15.7. The van der Waals surface area contributed by atoms with Gasteiger partial charge in [0.2, 0.25) is 0 Å². The van der Waals surface area contributed by atoms with Crippen molar-refractivity contribution in [1.29, 1.82) is 0 Å². The molecule has 0 bridgehead atoms. The Hall–Kier alpha value is -2.84. The molecule has 0 atom stereocenters. The van der Waals surface area contributed by atoms with Crippen LogP contribution < -0.4 is 9.47 Å². The molecule has 4 aromatic rings. The molecule has 21 heteroatoms. The summed E-state index contributed by atoms with van der Waals surface area (Å²) in [4.78, 5) is 0. The fraction of sp³-hybridized carbons (Fsp3) is 0.375. The summed E-state index contributed by atoms with van der Waals surface area (Å²) in [5, 5.41) is 4.51. The molecule has 0 aliphatic carbocycles. The van der Waals surface area contributed by atoms with E-state index in [-0.39, 0.29) is 27.3 Å². The van der Waals surface area contributed by atoms with E-state index in [9.17, 15) is 26.3 Å². The SMILES string of the molecule is O=S(=O)(O)C(F)(F)F.O=S(=O)(O)C(F)(F)F.[Pb].c1ccc2c3c(ccc2c1)OCCOCCOCCOCCOCCOc1ccc2ccccc2c1-3. The molecular formula is C32H34F6O12PbS2.